The van der Waals surface area contributed by atoms with Gasteiger partial charge in [-0.15, -0.1) is 0 Å². The quantitative estimate of drug-likeness (QED) is 0.478. The summed E-state index contributed by atoms with van der Waals surface area (Å²) in [5.41, 5.74) is 0.757. The Morgan fingerprint density at radius 2 is 1.73 bits per heavy atom. The zero-order chi connectivity index (χ0) is 18.7. The fourth-order valence-corrected chi connectivity index (χ4v) is 3.03. The van der Waals surface area contributed by atoms with E-state index < -0.39 is 17.0 Å². The number of carbonyl (C=O) groups excluding carboxylic acids is 2. The van der Waals surface area contributed by atoms with Crippen LogP contribution in [0.1, 0.15) is 34.1 Å². The van der Waals surface area contributed by atoms with Crippen LogP contribution >= 0.6 is 0 Å². The van der Waals surface area contributed by atoms with Gasteiger partial charge in [-0.2, -0.15) is 0 Å². The lowest BCUT2D eigenvalue weighted by Gasteiger charge is -2.24. The number of hydrogen-bond donors (Lipinski definition) is 0. The van der Waals surface area contributed by atoms with Crippen molar-refractivity contribution in [2.45, 2.75) is 25.5 Å². The summed E-state index contributed by atoms with van der Waals surface area (Å²) in [5, 5.41) is 10.7. The molecule has 26 heavy (non-hydrogen) atoms. The molecule has 2 aromatic carbocycles. The molecule has 2 unspecified atom stereocenters. The van der Waals surface area contributed by atoms with E-state index in [0.29, 0.717) is 18.5 Å². The van der Waals surface area contributed by atoms with E-state index in [1.165, 1.54) is 24.3 Å². The highest BCUT2D eigenvalue weighted by Gasteiger charge is 2.36. The Morgan fingerprint density at radius 3 is 2.35 bits per heavy atom. The molecule has 2 atom stereocenters. The highest BCUT2D eigenvalue weighted by Crippen LogP contribution is 2.24. The first kappa shape index (κ1) is 17.6. The van der Waals surface area contributed by atoms with Gasteiger partial charge in [0, 0.05) is 30.7 Å². The summed E-state index contributed by atoms with van der Waals surface area (Å²) in [6.07, 6.45) is 0.142. The predicted molar refractivity (Wildman–Crippen MR) is 93.9 cm³/mol. The molecule has 134 valence electrons. The van der Waals surface area contributed by atoms with E-state index in [-0.39, 0.29) is 23.2 Å². The van der Waals surface area contributed by atoms with Gasteiger partial charge in [0.05, 0.1) is 16.5 Å². The summed E-state index contributed by atoms with van der Waals surface area (Å²) in [6.45, 7) is 2.36. The van der Waals surface area contributed by atoms with Crippen LogP contribution in [0.25, 0.3) is 0 Å². The first-order valence-corrected chi connectivity index (χ1v) is 8.29. The Kier molecular flexibility index (Phi) is 4.97. The number of esters is 1. The van der Waals surface area contributed by atoms with Gasteiger partial charge in [-0.3, -0.25) is 14.9 Å². The minimum atomic E-state index is -0.550. The molecule has 7 heteroatoms. The molecule has 3 rings (SSSR count). The second kappa shape index (κ2) is 7.35. The molecule has 1 saturated heterocycles. The topological polar surface area (TPSA) is 89.8 Å². The van der Waals surface area contributed by atoms with Crippen LogP contribution in [-0.4, -0.2) is 40.4 Å². The van der Waals surface area contributed by atoms with Gasteiger partial charge in [-0.05, 0) is 31.2 Å². The second-order valence-corrected chi connectivity index (χ2v) is 6.14. The number of carbonyl (C=O) groups is 2. The highest BCUT2D eigenvalue weighted by molar-refractivity contribution is 5.94. The Balaban J connectivity index is 1.65. The third-order valence-electron chi connectivity index (χ3n) is 4.54. The summed E-state index contributed by atoms with van der Waals surface area (Å²) < 4.78 is 5.52. The number of non-ortho nitro benzene ring substituents is 1. The Morgan fingerprint density at radius 1 is 1.08 bits per heavy atom. The Labute approximate surface area is 150 Å². The van der Waals surface area contributed by atoms with Gasteiger partial charge in [-0.1, -0.05) is 18.2 Å². The van der Waals surface area contributed by atoms with Crippen molar-refractivity contribution in [1.82, 2.24) is 4.90 Å². The summed E-state index contributed by atoms with van der Waals surface area (Å²) in [6, 6.07) is 14.0. The highest BCUT2D eigenvalue weighted by atomic mass is 16.6. The summed E-state index contributed by atoms with van der Waals surface area (Å²) in [7, 11) is 0. The number of likely N-dealkylation sites (tertiary alicyclic amines) is 1. The van der Waals surface area contributed by atoms with E-state index in [9.17, 15) is 19.7 Å². The number of amides is 1. The van der Waals surface area contributed by atoms with Crippen LogP contribution < -0.4 is 0 Å². The normalized spacial score (nSPS) is 19.2. The first-order chi connectivity index (χ1) is 12.5. The molecule has 1 aliphatic rings. The maximum atomic E-state index is 12.6. The van der Waals surface area contributed by atoms with Crippen molar-refractivity contribution in [2.75, 3.05) is 6.54 Å². The summed E-state index contributed by atoms with van der Waals surface area (Å²) in [4.78, 5) is 36.7. The number of nitro benzene ring substituents is 1. The molecule has 2 aromatic rings. The van der Waals surface area contributed by atoms with Crippen molar-refractivity contribution in [3.63, 3.8) is 0 Å². The van der Waals surface area contributed by atoms with Gasteiger partial charge >= 0.3 is 5.97 Å². The molecule has 0 aliphatic carbocycles. The average molecular weight is 354 g/mol. The van der Waals surface area contributed by atoms with Crippen molar-refractivity contribution in [2.24, 2.45) is 0 Å². The molecule has 0 bridgehead atoms. The minimum Gasteiger partial charge on any atom is -0.457 e. The molecule has 1 heterocycles. The molecule has 0 aromatic heterocycles. The van der Waals surface area contributed by atoms with Crippen molar-refractivity contribution in [3.05, 3.63) is 75.8 Å². The Hall–Kier alpha value is -3.22. The lowest BCUT2D eigenvalue weighted by Crippen LogP contribution is -2.38. The van der Waals surface area contributed by atoms with E-state index in [0.717, 1.165) is 0 Å². The van der Waals surface area contributed by atoms with Crippen LogP contribution in [0.15, 0.2) is 54.6 Å². The van der Waals surface area contributed by atoms with Crippen LogP contribution in [-0.2, 0) is 4.74 Å². The molecule has 1 aliphatic heterocycles. The van der Waals surface area contributed by atoms with E-state index in [4.69, 9.17) is 4.74 Å². The van der Waals surface area contributed by atoms with E-state index in [1.807, 2.05) is 13.0 Å². The maximum absolute atomic E-state index is 12.6. The predicted octanol–water partition coefficient (Wildman–Crippen LogP) is 3.05. The number of nitrogens with zero attached hydrogens (tertiary/aromatic N) is 2. The van der Waals surface area contributed by atoms with Crippen LogP contribution in [0.5, 0.6) is 0 Å². The monoisotopic (exact) mass is 354 g/mol. The van der Waals surface area contributed by atoms with E-state index >= 15 is 0 Å². The first-order valence-electron chi connectivity index (χ1n) is 8.29. The third kappa shape index (κ3) is 3.56. The number of hydrogen-bond acceptors (Lipinski definition) is 5. The van der Waals surface area contributed by atoms with E-state index in [2.05, 4.69) is 0 Å². The van der Waals surface area contributed by atoms with Crippen LogP contribution in [0, 0.1) is 10.1 Å². The fraction of sp³-hybridized carbons (Fsp3) is 0.263. The van der Waals surface area contributed by atoms with Gasteiger partial charge in [-0.25, -0.2) is 4.79 Å². The lowest BCUT2D eigenvalue weighted by molar-refractivity contribution is -0.384. The molecule has 0 N–H and O–H groups in total. The van der Waals surface area contributed by atoms with Gasteiger partial charge in [0.15, 0.2) is 0 Å². The number of benzene rings is 2. The molecule has 0 radical (unpaired) electrons. The van der Waals surface area contributed by atoms with Crippen molar-refractivity contribution < 1.29 is 19.2 Å². The molecule has 7 nitrogen and oxygen atoms in total. The van der Waals surface area contributed by atoms with Gasteiger partial charge in [0.2, 0.25) is 0 Å². The molecule has 0 spiro atoms. The van der Waals surface area contributed by atoms with Crippen LogP contribution in [0.2, 0.25) is 0 Å². The van der Waals surface area contributed by atoms with Crippen LogP contribution in [0.4, 0.5) is 5.69 Å². The zero-order valence-corrected chi connectivity index (χ0v) is 14.2. The molecular weight excluding hydrogens is 336 g/mol. The SMILES string of the molecule is CC1C(OC(=O)c2ccc([N+](=O)[O-])cc2)CCN1C(=O)c1ccccc1. The van der Waals surface area contributed by atoms with E-state index in [1.54, 1.807) is 29.2 Å². The standard InChI is InChI=1S/C19H18N2O5/c1-13-17(11-12-20(13)18(22)14-5-3-2-4-6-14)26-19(23)15-7-9-16(10-8-15)21(24)25/h2-10,13,17H,11-12H2,1H3. The lowest BCUT2D eigenvalue weighted by atomic mass is 10.1. The van der Waals surface area contributed by atoms with Crippen molar-refractivity contribution >= 4 is 17.6 Å². The molecule has 1 amide bonds. The average Bonchev–Trinajstić information content (AvgIpc) is 3.02. The molecule has 0 saturated carbocycles. The summed E-state index contributed by atoms with van der Waals surface area (Å²) >= 11 is 0. The van der Waals surface area contributed by atoms with Crippen LogP contribution in [0.3, 0.4) is 0 Å². The zero-order valence-electron chi connectivity index (χ0n) is 14.2. The van der Waals surface area contributed by atoms with Gasteiger partial charge in [0.1, 0.15) is 6.10 Å². The summed E-state index contributed by atoms with van der Waals surface area (Å²) in [5.74, 6) is -0.641. The second-order valence-electron chi connectivity index (χ2n) is 6.14. The third-order valence-corrected chi connectivity index (χ3v) is 4.54. The minimum absolute atomic E-state index is 0.0876. The Bertz CT molecular complexity index is 820. The number of rotatable bonds is 4. The van der Waals surface area contributed by atoms with Crippen molar-refractivity contribution in [1.29, 1.82) is 0 Å². The largest absolute Gasteiger partial charge is 0.457 e. The number of ether oxygens (including phenoxy) is 1. The number of nitro groups is 1. The van der Waals surface area contributed by atoms with Gasteiger partial charge < -0.3 is 9.64 Å². The maximum Gasteiger partial charge on any atom is 0.338 e. The fourth-order valence-electron chi connectivity index (χ4n) is 3.03. The van der Waals surface area contributed by atoms with Gasteiger partial charge in [0.25, 0.3) is 11.6 Å². The molecular formula is C19H18N2O5. The smallest absolute Gasteiger partial charge is 0.338 e. The molecule has 1 fully saturated rings. The van der Waals surface area contributed by atoms with Crippen molar-refractivity contribution in [3.8, 4) is 0 Å².